The second kappa shape index (κ2) is 16.1. The summed E-state index contributed by atoms with van der Waals surface area (Å²) in [6.07, 6.45) is 6.37. The number of methoxy groups -OCH3 is 1. The number of hydrogen-bond donors (Lipinski definition) is 1. The minimum absolute atomic E-state index is 0.00160. The van der Waals surface area contributed by atoms with Crippen LogP contribution >= 0.6 is 11.6 Å². The Labute approximate surface area is 270 Å². The fourth-order valence-electron chi connectivity index (χ4n) is 5.72. The Morgan fingerprint density at radius 1 is 1.02 bits per heavy atom. The van der Waals surface area contributed by atoms with Crippen LogP contribution in [0, 0.1) is 5.82 Å². The number of carbonyl (C=O) groups is 2. The number of amides is 2. The lowest BCUT2D eigenvalue weighted by Gasteiger charge is -2.34. The zero-order chi connectivity index (χ0) is 32.4. The molecule has 1 atom stereocenters. The number of nitrogens with zero attached hydrogens (tertiary/aromatic N) is 2. The van der Waals surface area contributed by atoms with E-state index in [0.717, 1.165) is 43.9 Å². The summed E-state index contributed by atoms with van der Waals surface area (Å²) in [5.74, 6) is -0.717. The van der Waals surface area contributed by atoms with E-state index in [0.29, 0.717) is 17.0 Å². The number of benzene rings is 3. The molecular weight excluding hydrogens is 617 g/mol. The zero-order valence-corrected chi connectivity index (χ0v) is 27.3. The number of sulfonamides is 1. The second-order valence-corrected chi connectivity index (χ2v) is 13.7. The van der Waals surface area contributed by atoms with E-state index in [1.165, 1.54) is 28.4 Å². The number of anilines is 1. The second-order valence-electron chi connectivity index (χ2n) is 11.4. The van der Waals surface area contributed by atoms with Gasteiger partial charge < -0.3 is 15.0 Å². The number of hydrogen-bond acceptors (Lipinski definition) is 5. The highest BCUT2D eigenvalue weighted by Gasteiger charge is 2.32. The van der Waals surface area contributed by atoms with E-state index >= 15 is 0 Å². The first-order chi connectivity index (χ1) is 21.6. The molecule has 0 bridgehead atoms. The van der Waals surface area contributed by atoms with Gasteiger partial charge in [0.2, 0.25) is 21.8 Å². The van der Waals surface area contributed by atoms with Crippen molar-refractivity contribution in [3.8, 4) is 5.75 Å². The van der Waals surface area contributed by atoms with Crippen molar-refractivity contribution in [2.45, 2.75) is 70.0 Å². The number of carbonyl (C=O) groups excluding carboxylic acids is 2. The first-order valence-corrected chi connectivity index (χ1v) is 17.5. The molecule has 2 amide bonds. The first kappa shape index (κ1) is 34.2. The van der Waals surface area contributed by atoms with Crippen molar-refractivity contribution in [2.75, 3.05) is 24.2 Å². The van der Waals surface area contributed by atoms with Crippen LogP contribution in [0.25, 0.3) is 0 Å². The van der Waals surface area contributed by atoms with Crippen LogP contribution in [0.2, 0.25) is 5.02 Å². The standard InChI is InChI=1S/C34H41ClFN3O5S/c1-44-32-20-19-28(23-29(32)35)39(45(2,42)43)21-11-18-33(40)38(24-26-14-9-10-17-30(26)36)31(22-25-12-5-3-6-13-25)34(41)37-27-15-7-4-8-16-27/h3,5-6,9-10,12-14,17,19-20,23,27,31H,4,7-8,11,15-16,18,21-22,24H2,1-2H3,(H,37,41). The van der Waals surface area contributed by atoms with Crippen LogP contribution in [0.15, 0.2) is 72.8 Å². The molecule has 11 heteroatoms. The minimum atomic E-state index is -3.72. The van der Waals surface area contributed by atoms with Gasteiger partial charge in [-0.3, -0.25) is 13.9 Å². The van der Waals surface area contributed by atoms with Gasteiger partial charge in [-0.1, -0.05) is 79.4 Å². The van der Waals surface area contributed by atoms with Crippen LogP contribution in [-0.2, 0) is 32.6 Å². The Hall–Kier alpha value is -3.63. The summed E-state index contributed by atoms with van der Waals surface area (Å²) in [6, 6.07) is 19.4. The average molecular weight is 658 g/mol. The largest absolute Gasteiger partial charge is 0.495 e. The van der Waals surface area contributed by atoms with Crippen LogP contribution in [0.4, 0.5) is 10.1 Å². The van der Waals surface area contributed by atoms with E-state index < -0.39 is 21.9 Å². The van der Waals surface area contributed by atoms with Crippen LogP contribution in [0.1, 0.15) is 56.1 Å². The van der Waals surface area contributed by atoms with Gasteiger partial charge in [0.1, 0.15) is 17.6 Å². The van der Waals surface area contributed by atoms with Gasteiger partial charge in [0, 0.05) is 37.5 Å². The van der Waals surface area contributed by atoms with E-state index in [1.807, 2.05) is 30.3 Å². The smallest absolute Gasteiger partial charge is 0.243 e. The van der Waals surface area contributed by atoms with E-state index in [4.69, 9.17) is 16.3 Å². The summed E-state index contributed by atoms with van der Waals surface area (Å²) in [4.78, 5) is 29.4. The van der Waals surface area contributed by atoms with Gasteiger partial charge in [-0.25, -0.2) is 12.8 Å². The molecule has 1 fully saturated rings. The summed E-state index contributed by atoms with van der Waals surface area (Å²) in [5.41, 5.74) is 1.50. The molecule has 1 aliphatic carbocycles. The maximum atomic E-state index is 14.9. The molecule has 45 heavy (non-hydrogen) atoms. The maximum Gasteiger partial charge on any atom is 0.243 e. The molecule has 0 saturated heterocycles. The van der Waals surface area contributed by atoms with Gasteiger partial charge in [-0.2, -0.15) is 0 Å². The fourth-order valence-corrected chi connectivity index (χ4v) is 6.93. The molecular formula is C34H41ClFN3O5S. The SMILES string of the molecule is COc1ccc(N(CCCC(=O)N(Cc2ccccc2F)C(Cc2ccccc2)C(=O)NC2CCCCC2)S(C)(=O)=O)cc1Cl. The summed E-state index contributed by atoms with van der Waals surface area (Å²) in [7, 11) is -2.25. The number of ether oxygens (including phenoxy) is 1. The monoisotopic (exact) mass is 657 g/mol. The van der Waals surface area contributed by atoms with Crippen LogP contribution in [0.3, 0.4) is 0 Å². The molecule has 0 spiro atoms. The summed E-state index contributed by atoms with van der Waals surface area (Å²) in [5, 5.41) is 3.42. The van der Waals surface area contributed by atoms with Crippen molar-refractivity contribution in [3.63, 3.8) is 0 Å². The molecule has 242 valence electrons. The summed E-state index contributed by atoms with van der Waals surface area (Å²) in [6.45, 7) is -0.108. The molecule has 1 aliphatic rings. The highest BCUT2D eigenvalue weighted by atomic mass is 35.5. The van der Waals surface area contributed by atoms with Gasteiger partial charge in [0.25, 0.3) is 0 Å². The molecule has 4 rings (SSSR count). The molecule has 0 aliphatic heterocycles. The van der Waals surface area contributed by atoms with E-state index in [9.17, 15) is 22.4 Å². The Morgan fingerprint density at radius 2 is 1.71 bits per heavy atom. The van der Waals surface area contributed by atoms with Crippen molar-refractivity contribution >= 4 is 39.1 Å². The normalized spacial score (nSPS) is 14.4. The number of nitrogens with one attached hydrogen (secondary N) is 1. The van der Waals surface area contributed by atoms with Gasteiger partial charge in [-0.15, -0.1) is 0 Å². The van der Waals surface area contributed by atoms with Crippen LogP contribution < -0.4 is 14.4 Å². The van der Waals surface area contributed by atoms with Crippen molar-refractivity contribution in [2.24, 2.45) is 0 Å². The molecule has 1 N–H and O–H groups in total. The molecule has 0 heterocycles. The highest BCUT2D eigenvalue weighted by molar-refractivity contribution is 7.92. The zero-order valence-electron chi connectivity index (χ0n) is 25.8. The minimum Gasteiger partial charge on any atom is -0.495 e. The van der Waals surface area contributed by atoms with Gasteiger partial charge >= 0.3 is 0 Å². The maximum absolute atomic E-state index is 14.9. The quantitative estimate of drug-likeness (QED) is 0.225. The molecule has 3 aromatic rings. The molecule has 1 unspecified atom stereocenters. The van der Waals surface area contributed by atoms with Gasteiger partial charge in [-0.05, 0) is 49.1 Å². The third-order valence-corrected chi connectivity index (χ3v) is 9.59. The van der Waals surface area contributed by atoms with Crippen molar-refractivity contribution in [3.05, 3.63) is 94.8 Å². The lowest BCUT2D eigenvalue weighted by molar-refractivity contribution is -0.141. The van der Waals surface area contributed by atoms with Crippen molar-refractivity contribution in [1.82, 2.24) is 10.2 Å². The van der Waals surface area contributed by atoms with E-state index in [-0.39, 0.29) is 55.2 Å². The molecule has 8 nitrogen and oxygen atoms in total. The lowest BCUT2D eigenvalue weighted by Crippen LogP contribution is -2.53. The first-order valence-electron chi connectivity index (χ1n) is 15.2. The summed E-state index contributed by atoms with van der Waals surface area (Å²) < 4.78 is 46.8. The number of halogens is 2. The Bertz CT molecular complexity index is 1550. The summed E-state index contributed by atoms with van der Waals surface area (Å²) >= 11 is 6.26. The average Bonchev–Trinajstić information content (AvgIpc) is 3.02. The van der Waals surface area contributed by atoms with Crippen LogP contribution in [0.5, 0.6) is 5.75 Å². The molecule has 1 saturated carbocycles. The Morgan fingerprint density at radius 3 is 2.36 bits per heavy atom. The van der Waals surface area contributed by atoms with Gasteiger partial charge in [0.15, 0.2) is 0 Å². The Balaban J connectivity index is 1.60. The van der Waals surface area contributed by atoms with E-state index in [2.05, 4.69) is 5.32 Å². The predicted octanol–water partition coefficient (Wildman–Crippen LogP) is 6.12. The van der Waals surface area contributed by atoms with Gasteiger partial charge in [0.05, 0.1) is 24.1 Å². The Kier molecular flexibility index (Phi) is 12.2. The topological polar surface area (TPSA) is 96.0 Å². The van der Waals surface area contributed by atoms with Crippen molar-refractivity contribution in [1.29, 1.82) is 0 Å². The molecule has 0 aromatic heterocycles. The molecule has 3 aromatic carbocycles. The number of rotatable bonds is 14. The highest BCUT2D eigenvalue weighted by Crippen LogP contribution is 2.30. The third-order valence-electron chi connectivity index (χ3n) is 8.10. The predicted molar refractivity (Wildman–Crippen MR) is 175 cm³/mol. The third kappa shape index (κ3) is 9.68. The fraction of sp³-hybridized carbons (Fsp3) is 0.412. The molecule has 0 radical (unpaired) electrons. The van der Waals surface area contributed by atoms with Crippen molar-refractivity contribution < 1.29 is 27.1 Å². The van der Waals surface area contributed by atoms with Crippen LogP contribution in [-0.4, -0.2) is 57.1 Å². The lowest BCUT2D eigenvalue weighted by atomic mass is 9.94. The van der Waals surface area contributed by atoms with E-state index in [1.54, 1.807) is 30.3 Å².